The Morgan fingerprint density at radius 1 is 0.958 bits per heavy atom. The summed E-state index contributed by atoms with van der Waals surface area (Å²) in [5, 5.41) is 0. The molecular formula is C19H17NO3S. The molecule has 2 heterocycles. The Balaban J connectivity index is 2.02. The molecule has 0 bridgehead atoms. The van der Waals surface area contributed by atoms with E-state index in [1.165, 1.54) is 0 Å². The average molecular weight is 339 g/mol. The van der Waals surface area contributed by atoms with Crippen LogP contribution < -0.4 is 14.4 Å². The first kappa shape index (κ1) is 15.0. The molecule has 0 spiro atoms. The number of hydrogen-bond donors (Lipinski definition) is 0. The fourth-order valence-electron chi connectivity index (χ4n) is 2.95. The Kier molecular flexibility index (Phi) is 3.65. The quantitative estimate of drug-likeness (QED) is 0.489. The van der Waals surface area contributed by atoms with Crippen molar-refractivity contribution in [1.29, 1.82) is 0 Å². The van der Waals surface area contributed by atoms with Gasteiger partial charge in [0.2, 0.25) is 5.88 Å². The Morgan fingerprint density at radius 2 is 1.67 bits per heavy atom. The summed E-state index contributed by atoms with van der Waals surface area (Å²) >= 11 is 1.70. The summed E-state index contributed by atoms with van der Waals surface area (Å²) in [7, 11) is 3.34. The standard InChI is InChI=1S/C19H17NO3S/c1-12-10-14(21-2)18(15(11-12)22-3)20-13-6-4-5-7-16(13)24-17-8-9-23-19(17)20/h4-11H,1-3H3. The number of para-hydroxylation sites is 1. The van der Waals surface area contributed by atoms with Gasteiger partial charge in [0.1, 0.15) is 17.2 Å². The highest BCUT2D eigenvalue weighted by Gasteiger charge is 2.31. The maximum Gasteiger partial charge on any atom is 0.218 e. The van der Waals surface area contributed by atoms with Crippen molar-refractivity contribution in [2.24, 2.45) is 0 Å². The molecule has 0 amide bonds. The Bertz CT molecular complexity index is 878. The third kappa shape index (κ3) is 2.24. The second kappa shape index (κ2) is 5.83. The molecule has 0 atom stereocenters. The number of hydrogen-bond acceptors (Lipinski definition) is 5. The van der Waals surface area contributed by atoms with Crippen molar-refractivity contribution < 1.29 is 13.9 Å². The van der Waals surface area contributed by atoms with Crippen LogP contribution in [0.4, 0.5) is 17.3 Å². The SMILES string of the molecule is COc1cc(C)cc(OC)c1N1c2ccccc2Sc2ccoc21. The Morgan fingerprint density at radius 3 is 2.38 bits per heavy atom. The maximum atomic E-state index is 5.80. The van der Waals surface area contributed by atoms with Gasteiger partial charge in [-0.25, -0.2) is 0 Å². The van der Waals surface area contributed by atoms with Crippen LogP contribution in [-0.2, 0) is 0 Å². The number of benzene rings is 2. The van der Waals surface area contributed by atoms with Crippen LogP contribution in [0.2, 0.25) is 0 Å². The van der Waals surface area contributed by atoms with Gasteiger partial charge in [0.15, 0.2) is 0 Å². The van der Waals surface area contributed by atoms with Gasteiger partial charge in [0, 0.05) is 4.90 Å². The predicted molar refractivity (Wildman–Crippen MR) is 95.4 cm³/mol. The Hall–Kier alpha value is -2.53. The lowest BCUT2D eigenvalue weighted by Crippen LogP contribution is -2.15. The zero-order valence-corrected chi connectivity index (χ0v) is 14.5. The molecular weight excluding hydrogens is 322 g/mol. The summed E-state index contributed by atoms with van der Waals surface area (Å²) in [5.41, 5.74) is 2.96. The molecule has 4 nitrogen and oxygen atoms in total. The van der Waals surface area contributed by atoms with Crippen LogP contribution in [0.5, 0.6) is 11.5 Å². The molecule has 0 aliphatic carbocycles. The van der Waals surface area contributed by atoms with Gasteiger partial charge >= 0.3 is 0 Å². The summed E-state index contributed by atoms with van der Waals surface area (Å²) < 4.78 is 17.1. The van der Waals surface area contributed by atoms with Crippen molar-refractivity contribution in [3.05, 3.63) is 54.3 Å². The van der Waals surface area contributed by atoms with Crippen LogP contribution in [-0.4, -0.2) is 14.2 Å². The van der Waals surface area contributed by atoms with Gasteiger partial charge in [-0.05, 0) is 42.8 Å². The lowest BCUT2D eigenvalue weighted by molar-refractivity contribution is 0.395. The monoisotopic (exact) mass is 339 g/mol. The van der Waals surface area contributed by atoms with E-state index in [0.717, 1.165) is 44.1 Å². The molecule has 1 aromatic heterocycles. The largest absolute Gasteiger partial charge is 0.494 e. The molecule has 5 heteroatoms. The van der Waals surface area contributed by atoms with Crippen LogP contribution in [0.3, 0.4) is 0 Å². The molecule has 0 saturated carbocycles. The average Bonchev–Trinajstić information content (AvgIpc) is 3.07. The fraction of sp³-hybridized carbons (Fsp3) is 0.158. The molecule has 0 radical (unpaired) electrons. The highest BCUT2D eigenvalue weighted by atomic mass is 32.2. The summed E-state index contributed by atoms with van der Waals surface area (Å²) in [4.78, 5) is 4.30. The lowest BCUT2D eigenvalue weighted by atomic mass is 10.1. The molecule has 2 aromatic carbocycles. The summed E-state index contributed by atoms with van der Waals surface area (Å²) in [5.74, 6) is 2.27. The molecule has 0 saturated heterocycles. The van der Waals surface area contributed by atoms with Gasteiger partial charge in [0.25, 0.3) is 0 Å². The number of anilines is 3. The van der Waals surface area contributed by atoms with Gasteiger partial charge < -0.3 is 13.9 Å². The van der Waals surface area contributed by atoms with Gasteiger partial charge in [0.05, 0.1) is 31.1 Å². The van der Waals surface area contributed by atoms with Crippen LogP contribution in [0.25, 0.3) is 0 Å². The van der Waals surface area contributed by atoms with Crippen molar-refractivity contribution in [3.63, 3.8) is 0 Å². The molecule has 122 valence electrons. The van der Waals surface area contributed by atoms with E-state index < -0.39 is 0 Å². The normalized spacial score (nSPS) is 12.5. The summed E-state index contributed by atoms with van der Waals surface area (Å²) in [6, 6.07) is 14.2. The number of nitrogens with zero attached hydrogens (tertiary/aromatic N) is 1. The molecule has 0 unspecified atom stereocenters. The summed E-state index contributed by atoms with van der Waals surface area (Å²) in [6.45, 7) is 2.02. The molecule has 0 fully saturated rings. The van der Waals surface area contributed by atoms with Crippen molar-refractivity contribution in [1.82, 2.24) is 0 Å². The highest BCUT2D eigenvalue weighted by molar-refractivity contribution is 7.99. The topological polar surface area (TPSA) is 34.8 Å². The molecule has 4 rings (SSSR count). The van der Waals surface area contributed by atoms with E-state index in [0.29, 0.717) is 0 Å². The Labute approximate surface area is 145 Å². The number of ether oxygens (including phenoxy) is 2. The van der Waals surface area contributed by atoms with Crippen LogP contribution in [0, 0.1) is 6.92 Å². The number of rotatable bonds is 3. The van der Waals surface area contributed by atoms with E-state index in [2.05, 4.69) is 17.0 Å². The second-order valence-electron chi connectivity index (χ2n) is 5.51. The van der Waals surface area contributed by atoms with Gasteiger partial charge in [-0.2, -0.15) is 0 Å². The van der Waals surface area contributed by atoms with E-state index in [1.807, 2.05) is 37.3 Å². The van der Waals surface area contributed by atoms with Crippen molar-refractivity contribution in [2.75, 3.05) is 19.1 Å². The third-order valence-electron chi connectivity index (χ3n) is 3.99. The maximum absolute atomic E-state index is 5.80. The van der Waals surface area contributed by atoms with E-state index >= 15 is 0 Å². The number of methoxy groups -OCH3 is 2. The first-order valence-electron chi connectivity index (χ1n) is 7.60. The van der Waals surface area contributed by atoms with Crippen molar-refractivity contribution in [2.45, 2.75) is 16.7 Å². The van der Waals surface area contributed by atoms with E-state index in [-0.39, 0.29) is 0 Å². The van der Waals surface area contributed by atoms with E-state index in [1.54, 1.807) is 32.2 Å². The first-order valence-corrected chi connectivity index (χ1v) is 8.41. The molecule has 1 aliphatic heterocycles. The number of fused-ring (bicyclic) bond motifs is 2. The number of furan rings is 1. The molecule has 24 heavy (non-hydrogen) atoms. The fourth-order valence-corrected chi connectivity index (χ4v) is 3.95. The smallest absolute Gasteiger partial charge is 0.218 e. The van der Waals surface area contributed by atoms with Crippen LogP contribution >= 0.6 is 11.8 Å². The minimum atomic E-state index is 0.746. The predicted octanol–water partition coefficient (Wildman–Crippen LogP) is 5.54. The lowest BCUT2D eigenvalue weighted by Gasteiger charge is -2.31. The van der Waals surface area contributed by atoms with Crippen LogP contribution in [0.15, 0.2) is 62.9 Å². The van der Waals surface area contributed by atoms with E-state index in [9.17, 15) is 0 Å². The second-order valence-corrected chi connectivity index (χ2v) is 6.60. The zero-order valence-electron chi connectivity index (χ0n) is 13.7. The minimum Gasteiger partial charge on any atom is -0.494 e. The highest BCUT2D eigenvalue weighted by Crippen LogP contribution is 2.55. The number of aryl methyl sites for hydroxylation is 1. The van der Waals surface area contributed by atoms with Gasteiger partial charge in [-0.15, -0.1) is 0 Å². The van der Waals surface area contributed by atoms with Gasteiger partial charge in [-0.1, -0.05) is 23.9 Å². The molecule has 1 aliphatic rings. The molecule has 0 N–H and O–H groups in total. The zero-order chi connectivity index (χ0) is 16.7. The first-order chi connectivity index (χ1) is 11.7. The van der Waals surface area contributed by atoms with Crippen LogP contribution in [0.1, 0.15) is 5.56 Å². The summed E-state index contributed by atoms with van der Waals surface area (Å²) in [6.07, 6.45) is 1.71. The van der Waals surface area contributed by atoms with E-state index in [4.69, 9.17) is 13.9 Å². The minimum absolute atomic E-state index is 0.746. The van der Waals surface area contributed by atoms with Gasteiger partial charge in [-0.3, -0.25) is 4.90 Å². The van der Waals surface area contributed by atoms with Crippen molar-refractivity contribution >= 4 is 29.0 Å². The molecule has 3 aromatic rings. The third-order valence-corrected chi connectivity index (χ3v) is 5.08. The van der Waals surface area contributed by atoms with Crippen molar-refractivity contribution in [3.8, 4) is 11.5 Å².